The van der Waals surface area contributed by atoms with Crippen LogP contribution in [0.2, 0.25) is 0 Å². The Morgan fingerprint density at radius 3 is 2.21 bits per heavy atom. The van der Waals surface area contributed by atoms with Gasteiger partial charge in [-0.15, -0.1) is 0 Å². The van der Waals surface area contributed by atoms with Crippen LogP contribution in [0.3, 0.4) is 0 Å². The van der Waals surface area contributed by atoms with Gasteiger partial charge in [0.1, 0.15) is 0 Å². The second-order valence-electron chi connectivity index (χ2n) is 6.11. The molecule has 2 atom stereocenters. The summed E-state index contributed by atoms with van der Waals surface area (Å²) in [5.74, 6) is -1.30. The quantitative estimate of drug-likeness (QED) is 0.880. The van der Waals surface area contributed by atoms with Crippen molar-refractivity contribution >= 4 is 11.9 Å². The maximum absolute atomic E-state index is 13.0. The minimum atomic E-state index is -1.34. The Bertz CT molecular complexity index is 770. The molecule has 3 rings (SSSR count). The first-order valence-corrected chi connectivity index (χ1v) is 7.88. The Kier molecular flexibility index (Phi) is 4.21. The highest BCUT2D eigenvalue weighted by Crippen LogP contribution is 2.31. The van der Waals surface area contributed by atoms with E-state index < -0.39 is 11.5 Å². The Hall–Kier alpha value is -2.88. The maximum atomic E-state index is 13.0. The third-order valence-corrected chi connectivity index (χ3v) is 4.44. The zero-order valence-corrected chi connectivity index (χ0v) is 13.4. The number of carbonyl (C=O) groups excluding carboxylic acids is 1. The van der Waals surface area contributed by atoms with E-state index in [0.29, 0.717) is 12.0 Å². The molecule has 4 nitrogen and oxygen atoms in total. The molecule has 0 spiro atoms. The largest absolute Gasteiger partial charge is 0.479 e. The Balaban J connectivity index is 1.95. The van der Waals surface area contributed by atoms with Crippen molar-refractivity contribution in [3.8, 4) is 0 Å². The van der Waals surface area contributed by atoms with Crippen molar-refractivity contribution in [2.24, 2.45) is 0 Å². The first-order valence-electron chi connectivity index (χ1n) is 7.88. The van der Waals surface area contributed by atoms with Gasteiger partial charge < -0.3 is 10.0 Å². The summed E-state index contributed by atoms with van der Waals surface area (Å²) >= 11 is 0. The van der Waals surface area contributed by atoms with Gasteiger partial charge in [-0.25, -0.2) is 4.79 Å². The number of benzene rings is 2. The van der Waals surface area contributed by atoms with Crippen molar-refractivity contribution in [3.05, 3.63) is 83.9 Å². The summed E-state index contributed by atoms with van der Waals surface area (Å²) in [5, 5.41) is 9.68. The molecule has 0 bridgehead atoms. The van der Waals surface area contributed by atoms with Crippen molar-refractivity contribution in [1.29, 1.82) is 0 Å². The molecule has 1 unspecified atom stereocenters. The van der Waals surface area contributed by atoms with Crippen LogP contribution in [0.25, 0.3) is 0 Å². The number of nitrogens with zero attached hydrogens (tertiary/aromatic N) is 1. The van der Waals surface area contributed by atoms with E-state index in [1.807, 2.05) is 42.5 Å². The van der Waals surface area contributed by atoms with Gasteiger partial charge in [-0.1, -0.05) is 54.6 Å². The molecule has 2 aromatic carbocycles. The number of hydrogen-bond donors (Lipinski definition) is 1. The Morgan fingerprint density at radius 2 is 1.62 bits per heavy atom. The standard InChI is InChI=1S/C20H19NO3/c1-20(19(23)24)13-12-17(14-15-8-4-2-5-9-15)21(20)18(22)16-10-6-3-7-11-16/h2-13,17H,14H2,1H3,(H,23,24)/t17?,20-/m1/s1. The smallest absolute Gasteiger partial charge is 0.333 e. The summed E-state index contributed by atoms with van der Waals surface area (Å²) in [6.07, 6.45) is 4.02. The number of rotatable bonds is 4. The van der Waals surface area contributed by atoms with Crippen LogP contribution in [0.4, 0.5) is 0 Å². The molecule has 1 aliphatic rings. The molecular weight excluding hydrogens is 302 g/mol. The molecule has 1 amide bonds. The fourth-order valence-corrected chi connectivity index (χ4v) is 3.08. The van der Waals surface area contributed by atoms with E-state index in [-0.39, 0.29) is 11.9 Å². The number of aliphatic carboxylic acids is 1. The highest BCUT2D eigenvalue weighted by molar-refractivity contribution is 5.99. The molecule has 2 aromatic rings. The maximum Gasteiger partial charge on any atom is 0.333 e. The number of amides is 1. The lowest BCUT2D eigenvalue weighted by atomic mass is 10.00. The average molecular weight is 321 g/mol. The van der Waals surface area contributed by atoms with Crippen LogP contribution in [-0.2, 0) is 11.2 Å². The fourth-order valence-electron chi connectivity index (χ4n) is 3.08. The van der Waals surface area contributed by atoms with Gasteiger partial charge >= 0.3 is 5.97 Å². The molecule has 0 aromatic heterocycles. The highest BCUT2D eigenvalue weighted by atomic mass is 16.4. The topological polar surface area (TPSA) is 57.6 Å². The number of hydrogen-bond acceptors (Lipinski definition) is 2. The molecule has 122 valence electrons. The van der Waals surface area contributed by atoms with E-state index in [2.05, 4.69) is 0 Å². The van der Waals surface area contributed by atoms with E-state index in [0.717, 1.165) is 5.56 Å². The minimum absolute atomic E-state index is 0.272. The summed E-state index contributed by atoms with van der Waals surface area (Å²) in [4.78, 5) is 26.3. The third-order valence-electron chi connectivity index (χ3n) is 4.44. The van der Waals surface area contributed by atoms with Crippen LogP contribution < -0.4 is 0 Å². The Labute approximate surface area is 141 Å². The molecule has 24 heavy (non-hydrogen) atoms. The molecule has 0 aliphatic carbocycles. The zero-order chi connectivity index (χ0) is 17.2. The summed E-state index contributed by atoms with van der Waals surface area (Å²) in [6, 6.07) is 18.3. The van der Waals surface area contributed by atoms with Crippen molar-refractivity contribution in [1.82, 2.24) is 4.90 Å². The SMILES string of the molecule is C[C@]1(C(=O)O)C=CC(Cc2ccccc2)N1C(=O)c1ccccc1. The van der Waals surface area contributed by atoms with Crippen LogP contribution in [-0.4, -0.2) is 33.5 Å². The van der Waals surface area contributed by atoms with E-state index >= 15 is 0 Å². The molecule has 1 N–H and O–H groups in total. The summed E-state index contributed by atoms with van der Waals surface area (Å²) in [5.41, 5.74) is 0.214. The average Bonchev–Trinajstić information content (AvgIpc) is 2.94. The fraction of sp³-hybridized carbons (Fsp3) is 0.200. The molecule has 0 radical (unpaired) electrons. The van der Waals surface area contributed by atoms with Gasteiger partial charge in [-0.3, -0.25) is 4.79 Å². The lowest BCUT2D eigenvalue weighted by molar-refractivity contribution is -0.145. The summed E-state index contributed by atoms with van der Waals surface area (Å²) < 4.78 is 0. The predicted molar refractivity (Wildman–Crippen MR) is 91.7 cm³/mol. The van der Waals surface area contributed by atoms with Gasteiger partial charge in [-0.05, 0) is 37.1 Å². The van der Waals surface area contributed by atoms with Gasteiger partial charge in [0.2, 0.25) is 0 Å². The molecule has 1 aliphatic heterocycles. The minimum Gasteiger partial charge on any atom is -0.479 e. The predicted octanol–water partition coefficient (Wildman–Crippen LogP) is 3.15. The highest BCUT2D eigenvalue weighted by Gasteiger charge is 2.47. The molecule has 0 saturated carbocycles. The Morgan fingerprint density at radius 1 is 1.04 bits per heavy atom. The zero-order valence-electron chi connectivity index (χ0n) is 13.4. The van der Waals surface area contributed by atoms with E-state index in [4.69, 9.17) is 0 Å². The first-order chi connectivity index (χ1) is 11.5. The van der Waals surface area contributed by atoms with Crippen molar-refractivity contribution in [2.45, 2.75) is 24.9 Å². The van der Waals surface area contributed by atoms with Crippen LogP contribution in [0.15, 0.2) is 72.8 Å². The van der Waals surface area contributed by atoms with E-state index in [1.165, 1.54) is 4.90 Å². The summed E-state index contributed by atoms with van der Waals surface area (Å²) in [6.45, 7) is 1.57. The van der Waals surface area contributed by atoms with Crippen LogP contribution in [0.5, 0.6) is 0 Å². The molecule has 4 heteroatoms. The number of carboxylic acids is 1. The second-order valence-corrected chi connectivity index (χ2v) is 6.11. The van der Waals surface area contributed by atoms with Crippen molar-refractivity contribution < 1.29 is 14.7 Å². The van der Waals surface area contributed by atoms with Crippen molar-refractivity contribution in [3.63, 3.8) is 0 Å². The second kappa shape index (κ2) is 6.32. The monoisotopic (exact) mass is 321 g/mol. The van der Waals surface area contributed by atoms with Crippen LogP contribution >= 0.6 is 0 Å². The lowest BCUT2D eigenvalue weighted by Gasteiger charge is -2.35. The van der Waals surface area contributed by atoms with E-state index in [9.17, 15) is 14.7 Å². The van der Waals surface area contributed by atoms with Crippen molar-refractivity contribution in [2.75, 3.05) is 0 Å². The first kappa shape index (κ1) is 16.0. The third kappa shape index (κ3) is 2.83. The van der Waals surface area contributed by atoms with Gasteiger partial charge in [0.25, 0.3) is 5.91 Å². The normalized spacial score (nSPS) is 22.5. The van der Waals surface area contributed by atoms with Gasteiger partial charge in [0.05, 0.1) is 6.04 Å². The molecule has 0 saturated heterocycles. The number of carbonyl (C=O) groups is 2. The van der Waals surface area contributed by atoms with Crippen LogP contribution in [0.1, 0.15) is 22.8 Å². The molecular formula is C20H19NO3. The number of carboxylic acid groups (broad SMARTS) is 1. The van der Waals surface area contributed by atoms with Crippen LogP contribution in [0, 0.1) is 0 Å². The lowest BCUT2D eigenvalue weighted by Crippen LogP contribution is -2.54. The molecule has 0 fully saturated rings. The van der Waals surface area contributed by atoms with Gasteiger partial charge in [0.15, 0.2) is 5.54 Å². The molecule has 1 heterocycles. The van der Waals surface area contributed by atoms with Gasteiger partial charge in [-0.2, -0.15) is 0 Å². The van der Waals surface area contributed by atoms with Gasteiger partial charge in [0, 0.05) is 5.56 Å². The summed E-state index contributed by atoms with van der Waals surface area (Å²) in [7, 11) is 0. The van der Waals surface area contributed by atoms with E-state index in [1.54, 1.807) is 37.3 Å².